The Morgan fingerprint density at radius 3 is 2.67 bits per heavy atom. The van der Waals surface area contributed by atoms with Gasteiger partial charge in [0.05, 0.1) is 10.9 Å². The summed E-state index contributed by atoms with van der Waals surface area (Å²) in [7, 11) is 0. The summed E-state index contributed by atoms with van der Waals surface area (Å²) in [6.45, 7) is 2.14. The van der Waals surface area contributed by atoms with Crippen LogP contribution in [0.4, 0.5) is 0 Å². The normalized spacial score (nSPS) is 23.2. The summed E-state index contributed by atoms with van der Waals surface area (Å²) >= 11 is 1.46. The lowest BCUT2D eigenvalue weighted by molar-refractivity contribution is -0.115. The van der Waals surface area contributed by atoms with Crippen LogP contribution in [0.2, 0.25) is 0 Å². The Kier molecular flexibility index (Phi) is 4.44. The van der Waals surface area contributed by atoms with E-state index in [0.717, 1.165) is 34.9 Å². The molecule has 1 heterocycles. The smallest absolute Gasteiger partial charge is 0.264 e. The zero-order chi connectivity index (χ0) is 14.7. The molecule has 3 nitrogen and oxygen atoms in total. The molecule has 0 aromatic heterocycles. The highest BCUT2D eigenvalue weighted by molar-refractivity contribution is 8.18. The number of thioether (sulfide) groups is 1. The number of benzene rings is 1. The van der Waals surface area contributed by atoms with Crippen molar-refractivity contribution >= 4 is 28.9 Å². The summed E-state index contributed by atoms with van der Waals surface area (Å²) in [4.78, 5) is 17.4. The highest BCUT2D eigenvalue weighted by Gasteiger charge is 2.25. The molecule has 2 aliphatic rings. The molecule has 1 aliphatic carbocycles. The lowest BCUT2D eigenvalue weighted by Gasteiger charge is -2.02. The first-order valence-electron chi connectivity index (χ1n) is 7.62. The zero-order valence-electron chi connectivity index (χ0n) is 12.3. The number of rotatable bonds is 3. The Hall–Kier alpha value is -1.55. The maximum atomic E-state index is 12.0. The molecule has 1 amide bonds. The Labute approximate surface area is 129 Å². The van der Waals surface area contributed by atoms with Gasteiger partial charge in [-0.25, -0.2) is 0 Å². The van der Waals surface area contributed by atoms with Crippen LogP contribution in [0.5, 0.6) is 0 Å². The van der Waals surface area contributed by atoms with Gasteiger partial charge in [-0.2, -0.15) is 0 Å². The maximum Gasteiger partial charge on any atom is 0.264 e. The van der Waals surface area contributed by atoms with Gasteiger partial charge in [-0.1, -0.05) is 44.0 Å². The number of aryl methyl sites for hydroxylation is 1. The van der Waals surface area contributed by atoms with Crippen molar-refractivity contribution in [1.29, 1.82) is 0 Å². The molecule has 3 rings (SSSR count). The number of carbonyl (C=O) groups excluding carboxylic acids is 1. The minimum Gasteiger partial charge on any atom is -0.301 e. The van der Waals surface area contributed by atoms with Crippen LogP contribution in [0.1, 0.15) is 43.7 Å². The van der Waals surface area contributed by atoms with Crippen LogP contribution in [-0.4, -0.2) is 17.1 Å². The van der Waals surface area contributed by atoms with Crippen molar-refractivity contribution < 1.29 is 4.79 Å². The number of amides is 1. The van der Waals surface area contributed by atoms with E-state index < -0.39 is 0 Å². The van der Waals surface area contributed by atoms with E-state index in [2.05, 4.69) is 41.5 Å². The van der Waals surface area contributed by atoms with E-state index in [1.54, 1.807) is 0 Å². The highest BCUT2D eigenvalue weighted by Crippen LogP contribution is 2.29. The predicted molar refractivity (Wildman–Crippen MR) is 89.2 cm³/mol. The third-order valence-corrected chi connectivity index (χ3v) is 4.89. The minimum absolute atomic E-state index is 0.0312. The van der Waals surface area contributed by atoms with E-state index in [0.29, 0.717) is 6.04 Å². The van der Waals surface area contributed by atoms with Crippen LogP contribution >= 0.6 is 11.8 Å². The molecule has 110 valence electrons. The van der Waals surface area contributed by atoms with E-state index in [1.807, 2.05) is 6.08 Å². The molecule has 1 saturated carbocycles. The molecule has 1 saturated heterocycles. The molecule has 0 radical (unpaired) electrons. The monoisotopic (exact) mass is 300 g/mol. The third-order valence-electron chi connectivity index (χ3n) is 3.96. The van der Waals surface area contributed by atoms with Crippen molar-refractivity contribution in [3.8, 4) is 0 Å². The van der Waals surface area contributed by atoms with Crippen LogP contribution in [-0.2, 0) is 11.2 Å². The van der Waals surface area contributed by atoms with Gasteiger partial charge in [0.15, 0.2) is 5.17 Å². The molecular formula is C17H20N2OS. The van der Waals surface area contributed by atoms with Gasteiger partial charge in [-0.3, -0.25) is 9.79 Å². The van der Waals surface area contributed by atoms with Crippen molar-refractivity contribution in [2.24, 2.45) is 4.99 Å². The molecule has 0 spiro atoms. The van der Waals surface area contributed by atoms with Gasteiger partial charge in [-0.05, 0) is 48.2 Å². The van der Waals surface area contributed by atoms with Crippen LogP contribution in [0.3, 0.4) is 0 Å². The standard InChI is InChI=1S/C17H20N2OS/c1-2-12-7-9-13(10-8-12)11-15-16(20)19-17(21-15)18-14-5-3-4-6-14/h7-11,14H,2-6H2,1H3,(H,18,19,20)/b15-11+. The lowest BCUT2D eigenvalue weighted by atomic mass is 10.1. The van der Waals surface area contributed by atoms with E-state index in [9.17, 15) is 4.79 Å². The summed E-state index contributed by atoms with van der Waals surface area (Å²) in [5.41, 5.74) is 2.37. The fourth-order valence-corrected chi connectivity index (χ4v) is 3.58. The first-order valence-corrected chi connectivity index (χ1v) is 8.44. The van der Waals surface area contributed by atoms with Gasteiger partial charge in [0.25, 0.3) is 5.91 Å². The Morgan fingerprint density at radius 1 is 1.29 bits per heavy atom. The van der Waals surface area contributed by atoms with Gasteiger partial charge in [-0.15, -0.1) is 0 Å². The Bertz CT molecular complexity index is 583. The van der Waals surface area contributed by atoms with Gasteiger partial charge in [0.1, 0.15) is 0 Å². The summed E-state index contributed by atoms with van der Waals surface area (Å²) in [6.07, 6.45) is 7.79. The van der Waals surface area contributed by atoms with Crippen LogP contribution in [0, 0.1) is 0 Å². The summed E-state index contributed by atoms with van der Waals surface area (Å²) in [5.74, 6) is -0.0312. The van der Waals surface area contributed by atoms with Gasteiger partial charge in [0, 0.05) is 0 Å². The van der Waals surface area contributed by atoms with Gasteiger partial charge < -0.3 is 5.32 Å². The molecule has 1 N–H and O–H groups in total. The number of hydrogen-bond acceptors (Lipinski definition) is 3. The quantitative estimate of drug-likeness (QED) is 0.864. The second kappa shape index (κ2) is 6.48. The maximum absolute atomic E-state index is 12.0. The summed E-state index contributed by atoms with van der Waals surface area (Å²) < 4.78 is 0. The third kappa shape index (κ3) is 3.56. The van der Waals surface area contributed by atoms with E-state index >= 15 is 0 Å². The van der Waals surface area contributed by atoms with Gasteiger partial charge >= 0.3 is 0 Å². The van der Waals surface area contributed by atoms with Crippen molar-refractivity contribution in [1.82, 2.24) is 5.32 Å². The summed E-state index contributed by atoms with van der Waals surface area (Å²) in [5, 5.41) is 3.65. The number of nitrogens with one attached hydrogen (secondary N) is 1. The largest absolute Gasteiger partial charge is 0.301 e. The molecule has 21 heavy (non-hydrogen) atoms. The van der Waals surface area contributed by atoms with E-state index in [1.165, 1.54) is 30.2 Å². The number of nitrogens with zero attached hydrogens (tertiary/aromatic N) is 1. The van der Waals surface area contributed by atoms with Crippen molar-refractivity contribution in [3.63, 3.8) is 0 Å². The lowest BCUT2D eigenvalue weighted by Crippen LogP contribution is -2.21. The fraction of sp³-hybridized carbons (Fsp3) is 0.412. The second-order valence-corrected chi connectivity index (χ2v) is 6.56. The second-order valence-electron chi connectivity index (χ2n) is 5.53. The van der Waals surface area contributed by atoms with Crippen LogP contribution in [0.15, 0.2) is 34.2 Å². The average molecular weight is 300 g/mol. The van der Waals surface area contributed by atoms with Crippen LogP contribution < -0.4 is 5.32 Å². The number of carbonyl (C=O) groups is 1. The number of hydrogen-bond donors (Lipinski definition) is 1. The zero-order valence-corrected chi connectivity index (χ0v) is 13.1. The molecule has 0 bridgehead atoms. The first-order chi connectivity index (χ1) is 10.2. The van der Waals surface area contributed by atoms with Gasteiger partial charge in [0.2, 0.25) is 0 Å². The Morgan fingerprint density at radius 2 is 2.00 bits per heavy atom. The molecule has 1 aromatic rings. The minimum atomic E-state index is -0.0312. The highest BCUT2D eigenvalue weighted by atomic mass is 32.2. The van der Waals surface area contributed by atoms with Crippen molar-refractivity contribution in [2.45, 2.75) is 45.1 Å². The molecule has 1 aromatic carbocycles. The average Bonchev–Trinajstić information content (AvgIpc) is 3.11. The summed E-state index contributed by atoms with van der Waals surface area (Å²) in [6, 6.07) is 8.74. The fourth-order valence-electron chi connectivity index (χ4n) is 2.69. The Balaban J connectivity index is 1.72. The van der Waals surface area contributed by atoms with Crippen LogP contribution in [0.25, 0.3) is 6.08 Å². The molecule has 0 atom stereocenters. The number of aliphatic imine (C=N–C) groups is 1. The first kappa shape index (κ1) is 14.4. The molecule has 2 fully saturated rings. The molecule has 0 unspecified atom stereocenters. The molecule has 1 aliphatic heterocycles. The number of amidine groups is 1. The predicted octanol–water partition coefficient (Wildman–Crippen LogP) is 3.75. The SMILES string of the molecule is CCc1ccc(/C=C2/SC(=NC3CCCC3)NC2=O)cc1. The topological polar surface area (TPSA) is 41.5 Å². The van der Waals surface area contributed by atoms with Crippen molar-refractivity contribution in [2.75, 3.05) is 0 Å². The van der Waals surface area contributed by atoms with E-state index in [4.69, 9.17) is 0 Å². The molecule has 4 heteroatoms. The van der Waals surface area contributed by atoms with E-state index in [-0.39, 0.29) is 5.91 Å². The molecular weight excluding hydrogens is 280 g/mol. The van der Waals surface area contributed by atoms with Crippen molar-refractivity contribution in [3.05, 3.63) is 40.3 Å².